The maximum atomic E-state index is 6.65. The number of nitrogens with zero attached hydrogens (tertiary/aromatic N) is 1. The van der Waals surface area contributed by atoms with Gasteiger partial charge in [-0.15, -0.1) is 0 Å². The fourth-order valence-corrected chi connectivity index (χ4v) is 22.9. The Labute approximate surface area is 834 Å². The van der Waals surface area contributed by atoms with Crippen molar-refractivity contribution in [3.05, 3.63) is 489 Å². The molecule has 28 aromatic rings. The number of furan rings is 4. The molecule has 0 fully saturated rings. The van der Waals surface area contributed by atoms with Gasteiger partial charge in [0, 0.05) is 88.2 Å². The summed E-state index contributed by atoms with van der Waals surface area (Å²) in [6.07, 6.45) is 1.98. The third-order valence-electron chi connectivity index (χ3n) is 29.4. The molecule has 5 aromatic heterocycles. The molecule has 144 heavy (non-hydrogen) atoms. The van der Waals surface area contributed by atoms with Crippen LogP contribution in [0.1, 0.15) is 48.6 Å². The first-order chi connectivity index (χ1) is 70.7. The quantitative estimate of drug-likeness (QED) is 0.121. The SMILES string of the molecule is CC(C)(C)c1ccc(-c2c3ccccc3c(-c3cccc4c3oc3ccccc34)c3ccc(-c4cccc5c4oc4ccccc45)cc23)cc1.Cc1cc(C)cc(-c2c3ccccc3c(-c3cc(C)cc(C)c3)c3cc(-c4ccc(-c5cccc6c5oc5ccccc56)cn4)ccc23)c1.c1ccc(-c2c3ccccc3c(-c3ccccc3)c3cc(-c4ccc(-c5cccc6c5oc5ccccc56)cc4)ccc23)cc1. The second-order valence-electron chi connectivity index (χ2n) is 39.6. The van der Waals surface area contributed by atoms with E-state index < -0.39 is 0 Å². The van der Waals surface area contributed by atoms with Crippen LogP contribution in [-0.2, 0) is 5.41 Å². The standard InChI is InChI=1S/C48H34O2.C47H35NO.C44H28O/c1-48(2,3)31-25-22-29(23-26-31)44-35-14-4-5-15-36(35)45(40-19-11-18-39-34-13-7-9-21-43(34)50-47(39)40)37-27-24-30(28-41(37)44)32-16-10-17-38-33-12-6-8-20-42(33)49-46(32)38;1-28-20-29(2)23-34(22-28)45-38-11-5-6-12-39(38)46(35-24-30(3)21-31(4)25-35)42-26-32(16-18-40(42)45)43-19-17-33(27-48-43)36-13-9-14-41-37-10-7-8-15-44(37)49-47(36)41;1-3-12-31(13-4-1)42-36-17-7-8-18-37(36)43(32-14-5-2-6-15-32)40-28-33(26-27-38(40)42)29-22-24-30(25-23-29)34-19-11-20-39-35-16-9-10-21-41(35)45-44(34)39/h4-28H,1-3H3;5-27H,1-4H3;1-28H. The Bertz CT molecular complexity index is 9980. The van der Waals surface area contributed by atoms with Crippen molar-refractivity contribution in [2.24, 2.45) is 0 Å². The minimum absolute atomic E-state index is 0.0657. The topological polar surface area (TPSA) is 65.5 Å². The predicted molar refractivity (Wildman–Crippen MR) is 609 cm³/mol. The van der Waals surface area contributed by atoms with Gasteiger partial charge in [0.2, 0.25) is 0 Å². The lowest BCUT2D eigenvalue weighted by Gasteiger charge is -2.21. The lowest BCUT2D eigenvalue weighted by Crippen LogP contribution is -2.10. The third kappa shape index (κ3) is 15.0. The number of hydrogen-bond donors (Lipinski definition) is 0. The molecule has 0 spiro atoms. The lowest BCUT2D eigenvalue weighted by atomic mass is 9.83. The molecule has 5 heteroatoms. The van der Waals surface area contributed by atoms with Crippen LogP contribution in [-0.4, -0.2) is 4.98 Å². The Morgan fingerprint density at radius 1 is 0.167 bits per heavy atom. The summed E-state index contributed by atoms with van der Waals surface area (Å²) in [5.74, 6) is 0. The van der Waals surface area contributed by atoms with Crippen LogP contribution in [0, 0.1) is 27.7 Å². The van der Waals surface area contributed by atoms with E-state index in [4.69, 9.17) is 22.7 Å². The normalized spacial score (nSPS) is 11.9. The van der Waals surface area contributed by atoms with Gasteiger partial charge in [-0.05, 0) is 230 Å². The molecule has 5 heterocycles. The first-order valence-electron chi connectivity index (χ1n) is 49.7. The third-order valence-corrected chi connectivity index (χ3v) is 29.4. The first-order valence-corrected chi connectivity index (χ1v) is 49.7. The number of hydrogen-bond acceptors (Lipinski definition) is 5. The van der Waals surface area contributed by atoms with E-state index in [1.165, 1.54) is 165 Å². The van der Waals surface area contributed by atoms with E-state index in [1.54, 1.807) is 0 Å². The van der Waals surface area contributed by atoms with Crippen molar-refractivity contribution in [3.63, 3.8) is 0 Å². The van der Waals surface area contributed by atoms with Crippen molar-refractivity contribution in [2.75, 3.05) is 0 Å². The van der Waals surface area contributed by atoms with E-state index in [9.17, 15) is 0 Å². The van der Waals surface area contributed by atoms with E-state index >= 15 is 0 Å². The molecule has 0 radical (unpaired) electrons. The van der Waals surface area contributed by atoms with Crippen molar-refractivity contribution in [2.45, 2.75) is 53.9 Å². The summed E-state index contributed by atoms with van der Waals surface area (Å²) >= 11 is 0. The largest absolute Gasteiger partial charge is 0.455 e. The zero-order valence-corrected chi connectivity index (χ0v) is 81.0. The maximum Gasteiger partial charge on any atom is 0.143 e. The molecule has 0 saturated carbocycles. The number of pyridine rings is 1. The summed E-state index contributed by atoms with van der Waals surface area (Å²) in [5, 5.41) is 23.9. The van der Waals surface area contributed by atoms with Crippen LogP contribution in [0.4, 0.5) is 0 Å². The molecule has 0 unspecified atom stereocenters. The van der Waals surface area contributed by atoms with Crippen LogP contribution in [0.2, 0.25) is 0 Å². The van der Waals surface area contributed by atoms with Crippen LogP contribution in [0.5, 0.6) is 0 Å². The summed E-state index contributed by atoms with van der Waals surface area (Å²) in [6, 6.07) is 164. The molecule has 0 amide bonds. The molecule has 0 aliphatic heterocycles. The Hall–Kier alpha value is -18.0. The Kier molecular flexibility index (Phi) is 21.0. The fraction of sp³-hybridized carbons (Fsp3) is 0.0576. The number of rotatable bonds is 11. The van der Waals surface area contributed by atoms with Crippen molar-refractivity contribution in [1.82, 2.24) is 4.98 Å². The van der Waals surface area contributed by atoms with Gasteiger partial charge in [0.1, 0.15) is 44.7 Å². The summed E-state index contributed by atoms with van der Waals surface area (Å²) in [5.41, 5.74) is 39.5. The maximum absolute atomic E-state index is 6.65. The molecule has 0 atom stereocenters. The van der Waals surface area contributed by atoms with Gasteiger partial charge in [-0.25, -0.2) is 0 Å². The van der Waals surface area contributed by atoms with Crippen molar-refractivity contribution >= 4 is 152 Å². The highest BCUT2D eigenvalue weighted by molar-refractivity contribution is 6.28. The molecular weight excluding hydrogens is 1750 g/mol. The summed E-state index contributed by atoms with van der Waals surface area (Å²) in [6.45, 7) is 15.6. The van der Waals surface area contributed by atoms with Crippen LogP contribution in [0.3, 0.4) is 0 Å². The Balaban J connectivity index is 0.000000110. The number of para-hydroxylation sites is 8. The van der Waals surface area contributed by atoms with Crippen molar-refractivity contribution in [3.8, 4) is 123 Å². The van der Waals surface area contributed by atoms with E-state index in [2.05, 4.69) is 467 Å². The molecule has 0 aliphatic carbocycles. The van der Waals surface area contributed by atoms with Gasteiger partial charge < -0.3 is 17.7 Å². The average Bonchev–Trinajstić information content (AvgIpc) is 1.15. The smallest absolute Gasteiger partial charge is 0.143 e. The van der Waals surface area contributed by atoms with Crippen LogP contribution in [0.25, 0.3) is 275 Å². The predicted octanol–water partition coefficient (Wildman–Crippen LogP) is 39.8. The molecule has 0 bridgehead atoms. The Morgan fingerprint density at radius 2 is 0.438 bits per heavy atom. The fourth-order valence-electron chi connectivity index (χ4n) is 22.9. The van der Waals surface area contributed by atoms with E-state index in [0.717, 1.165) is 138 Å². The van der Waals surface area contributed by atoms with Crippen LogP contribution >= 0.6 is 0 Å². The minimum Gasteiger partial charge on any atom is -0.455 e. The molecular formula is C139H97NO4. The molecule has 23 aromatic carbocycles. The number of aromatic nitrogens is 1. The van der Waals surface area contributed by atoms with Crippen molar-refractivity contribution < 1.29 is 17.7 Å². The first kappa shape index (κ1) is 86.3. The average molecular weight is 1850 g/mol. The molecule has 28 rings (SSSR count). The number of benzene rings is 23. The van der Waals surface area contributed by atoms with Gasteiger partial charge >= 0.3 is 0 Å². The van der Waals surface area contributed by atoms with Crippen molar-refractivity contribution in [1.29, 1.82) is 0 Å². The molecule has 5 nitrogen and oxygen atoms in total. The monoisotopic (exact) mass is 1840 g/mol. The summed E-state index contributed by atoms with van der Waals surface area (Å²) in [7, 11) is 0. The lowest BCUT2D eigenvalue weighted by molar-refractivity contribution is 0.590. The highest BCUT2D eigenvalue weighted by Crippen LogP contribution is 2.53. The van der Waals surface area contributed by atoms with E-state index in [-0.39, 0.29) is 5.41 Å². The summed E-state index contributed by atoms with van der Waals surface area (Å²) in [4.78, 5) is 5.05. The second kappa shape index (κ2) is 35.1. The van der Waals surface area contributed by atoms with Gasteiger partial charge in [0.15, 0.2) is 0 Å². The second-order valence-corrected chi connectivity index (χ2v) is 39.6. The highest BCUT2D eigenvalue weighted by Gasteiger charge is 2.27. The number of aryl methyl sites for hydroxylation is 4. The zero-order chi connectivity index (χ0) is 96.5. The van der Waals surface area contributed by atoms with Gasteiger partial charge in [-0.1, -0.05) is 449 Å². The highest BCUT2D eigenvalue weighted by atomic mass is 16.3. The van der Waals surface area contributed by atoms with Gasteiger partial charge in [0.05, 0.1) is 5.69 Å². The molecule has 682 valence electrons. The Morgan fingerprint density at radius 3 is 0.847 bits per heavy atom. The van der Waals surface area contributed by atoms with Gasteiger partial charge in [-0.2, -0.15) is 0 Å². The zero-order valence-electron chi connectivity index (χ0n) is 81.0. The van der Waals surface area contributed by atoms with Gasteiger partial charge in [-0.3, -0.25) is 4.98 Å². The van der Waals surface area contributed by atoms with Crippen LogP contribution in [0.15, 0.2) is 479 Å². The van der Waals surface area contributed by atoms with E-state index in [0.29, 0.717) is 0 Å². The molecule has 0 N–H and O–H groups in total. The minimum atomic E-state index is 0.0657. The van der Waals surface area contributed by atoms with Crippen LogP contribution < -0.4 is 0 Å². The summed E-state index contributed by atoms with van der Waals surface area (Å²) < 4.78 is 25.9. The molecule has 0 aliphatic rings. The molecule has 0 saturated heterocycles. The number of fused-ring (bicyclic) bond motifs is 18. The van der Waals surface area contributed by atoms with E-state index in [1.807, 2.05) is 42.6 Å². The van der Waals surface area contributed by atoms with Gasteiger partial charge in [0.25, 0.3) is 0 Å².